The van der Waals surface area contributed by atoms with Gasteiger partial charge in [-0.1, -0.05) is 24.8 Å². The van der Waals surface area contributed by atoms with Gasteiger partial charge in [-0.3, -0.25) is 0 Å². The number of hydrogen-bond donors (Lipinski definition) is 0. The Labute approximate surface area is 90.8 Å². The van der Waals surface area contributed by atoms with Gasteiger partial charge in [-0.05, 0) is 24.1 Å². The summed E-state index contributed by atoms with van der Waals surface area (Å²) in [4.78, 5) is 0. The third-order valence-electron chi connectivity index (χ3n) is 1.96. The van der Waals surface area contributed by atoms with E-state index in [9.17, 15) is 0 Å². The van der Waals surface area contributed by atoms with E-state index in [0.717, 1.165) is 23.5 Å². The maximum atomic E-state index is 5.44. The van der Waals surface area contributed by atoms with Crippen LogP contribution < -0.4 is 9.47 Å². The first-order valence-corrected chi connectivity index (χ1v) is 4.83. The Morgan fingerprint density at radius 2 is 2.00 bits per heavy atom. The molecule has 2 heteroatoms. The van der Waals surface area contributed by atoms with E-state index in [2.05, 4.69) is 13.2 Å². The highest BCUT2D eigenvalue weighted by Crippen LogP contribution is 2.28. The van der Waals surface area contributed by atoms with E-state index in [4.69, 9.17) is 9.47 Å². The van der Waals surface area contributed by atoms with Gasteiger partial charge in [0.25, 0.3) is 0 Å². The molecule has 0 fully saturated rings. The molecule has 0 spiro atoms. The van der Waals surface area contributed by atoms with E-state index in [1.807, 2.05) is 24.3 Å². The molecule has 15 heavy (non-hydrogen) atoms. The van der Waals surface area contributed by atoms with Gasteiger partial charge in [0.15, 0.2) is 11.5 Å². The fourth-order valence-corrected chi connectivity index (χ4v) is 1.27. The van der Waals surface area contributed by atoms with Gasteiger partial charge in [0, 0.05) is 0 Å². The lowest BCUT2D eigenvalue weighted by molar-refractivity contribution is 0.326. The summed E-state index contributed by atoms with van der Waals surface area (Å²) in [6, 6.07) is 5.86. The predicted octanol–water partition coefficient (Wildman–Crippen LogP) is 2.99. The molecule has 0 atom stereocenters. The first-order chi connectivity index (χ1) is 7.31. The van der Waals surface area contributed by atoms with Gasteiger partial charge in [0.05, 0.1) is 7.11 Å². The molecule has 0 amide bonds. The minimum atomic E-state index is 0.483. The van der Waals surface area contributed by atoms with Crippen molar-refractivity contribution in [2.75, 3.05) is 13.7 Å². The van der Waals surface area contributed by atoms with E-state index < -0.39 is 0 Å². The summed E-state index contributed by atoms with van der Waals surface area (Å²) >= 11 is 0. The van der Waals surface area contributed by atoms with Crippen molar-refractivity contribution in [3.63, 3.8) is 0 Å². The van der Waals surface area contributed by atoms with Crippen LogP contribution in [0.1, 0.15) is 5.56 Å². The Kier molecular flexibility index (Phi) is 4.48. The lowest BCUT2D eigenvalue weighted by Gasteiger charge is -2.10. The quantitative estimate of drug-likeness (QED) is 0.663. The van der Waals surface area contributed by atoms with E-state index in [1.54, 1.807) is 13.2 Å². The lowest BCUT2D eigenvalue weighted by atomic mass is 10.1. The average molecular weight is 204 g/mol. The largest absolute Gasteiger partial charge is 0.493 e. The maximum Gasteiger partial charge on any atom is 0.161 e. The Hall–Kier alpha value is -1.70. The normalized spacial score (nSPS) is 9.40. The van der Waals surface area contributed by atoms with Crippen LogP contribution in [-0.4, -0.2) is 13.7 Å². The fraction of sp³-hybridized carbons (Fsp3) is 0.231. The van der Waals surface area contributed by atoms with E-state index in [1.165, 1.54) is 0 Å². The molecule has 0 saturated carbocycles. The lowest BCUT2D eigenvalue weighted by Crippen LogP contribution is -1.96. The van der Waals surface area contributed by atoms with Gasteiger partial charge in [-0.2, -0.15) is 0 Å². The van der Waals surface area contributed by atoms with Crippen LogP contribution in [0.3, 0.4) is 0 Å². The standard InChI is InChI=1S/C13H16O2/c1-4-6-11-7-8-12(15-9-5-2)13(10-11)14-3/h4-5,7-8,10H,1-2,6,9H2,3H3. The zero-order valence-electron chi connectivity index (χ0n) is 9.03. The van der Waals surface area contributed by atoms with Crippen molar-refractivity contribution < 1.29 is 9.47 Å². The number of ether oxygens (including phenoxy) is 2. The Bertz CT molecular complexity index is 342. The molecular weight excluding hydrogens is 188 g/mol. The highest BCUT2D eigenvalue weighted by molar-refractivity contribution is 5.43. The molecule has 0 saturated heterocycles. The van der Waals surface area contributed by atoms with Crippen LogP contribution in [-0.2, 0) is 6.42 Å². The van der Waals surface area contributed by atoms with Crippen molar-refractivity contribution >= 4 is 0 Å². The van der Waals surface area contributed by atoms with Crippen LogP contribution >= 0.6 is 0 Å². The SMILES string of the molecule is C=CCOc1ccc(CC=C)cc1OC. The summed E-state index contributed by atoms with van der Waals surface area (Å²) in [5.41, 5.74) is 1.16. The smallest absolute Gasteiger partial charge is 0.161 e. The molecule has 0 unspecified atom stereocenters. The molecule has 0 aliphatic carbocycles. The third-order valence-corrected chi connectivity index (χ3v) is 1.96. The second kappa shape index (κ2) is 5.91. The van der Waals surface area contributed by atoms with Crippen LogP contribution in [0.2, 0.25) is 0 Å². The van der Waals surface area contributed by atoms with E-state index in [-0.39, 0.29) is 0 Å². The average Bonchev–Trinajstić information content (AvgIpc) is 2.27. The molecule has 1 rings (SSSR count). The summed E-state index contributed by atoms with van der Waals surface area (Å²) in [5.74, 6) is 1.49. The van der Waals surface area contributed by atoms with E-state index >= 15 is 0 Å². The van der Waals surface area contributed by atoms with Crippen molar-refractivity contribution in [3.05, 3.63) is 49.1 Å². The topological polar surface area (TPSA) is 18.5 Å². The molecule has 2 nitrogen and oxygen atoms in total. The Morgan fingerprint density at radius 1 is 1.20 bits per heavy atom. The zero-order chi connectivity index (χ0) is 11.1. The van der Waals surface area contributed by atoms with Gasteiger partial charge in [0.2, 0.25) is 0 Å². The summed E-state index contributed by atoms with van der Waals surface area (Å²) < 4.78 is 10.7. The summed E-state index contributed by atoms with van der Waals surface area (Å²) in [5, 5.41) is 0. The van der Waals surface area contributed by atoms with Crippen molar-refractivity contribution in [2.24, 2.45) is 0 Å². The predicted molar refractivity (Wildman–Crippen MR) is 62.6 cm³/mol. The molecule has 0 N–H and O–H groups in total. The number of methoxy groups -OCH3 is 1. The fourth-order valence-electron chi connectivity index (χ4n) is 1.27. The van der Waals surface area contributed by atoms with Crippen LogP contribution in [0, 0.1) is 0 Å². The minimum absolute atomic E-state index is 0.483. The van der Waals surface area contributed by atoms with Crippen LogP contribution in [0.15, 0.2) is 43.5 Å². The zero-order valence-corrected chi connectivity index (χ0v) is 9.03. The molecule has 1 aromatic carbocycles. The van der Waals surface area contributed by atoms with Gasteiger partial charge in [-0.15, -0.1) is 6.58 Å². The van der Waals surface area contributed by atoms with Gasteiger partial charge in [-0.25, -0.2) is 0 Å². The second-order valence-electron chi connectivity index (χ2n) is 3.08. The van der Waals surface area contributed by atoms with Crippen LogP contribution in [0.5, 0.6) is 11.5 Å². The monoisotopic (exact) mass is 204 g/mol. The van der Waals surface area contributed by atoms with Crippen LogP contribution in [0.25, 0.3) is 0 Å². The van der Waals surface area contributed by atoms with Gasteiger partial charge >= 0.3 is 0 Å². The number of hydrogen-bond acceptors (Lipinski definition) is 2. The first-order valence-electron chi connectivity index (χ1n) is 4.83. The molecule has 0 aliphatic rings. The van der Waals surface area contributed by atoms with Crippen LogP contribution in [0.4, 0.5) is 0 Å². The molecule has 0 aliphatic heterocycles. The number of rotatable bonds is 6. The molecular formula is C13H16O2. The van der Waals surface area contributed by atoms with Gasteiger partial charge in [0.1, 0.15) is 6.61 Å². The maximum absolute atomic E-state index is 5.44. The molecule has 0 radical (unpaired) electrons. The highest BCUT2D eigenvalue weighted by Gasteiger charge is 2.04. The van der Waals surface area contributed by atoms with Gasteiger partial charge < -0.3 is 9.47 Å². The van der Waals surface area contributed by atoms with Crippen molar-refractivity contribution in [3.8, 4) is 11.5 Å². The Balaban J connectivity index is 2.87. The highest BCUT2D eigenvalue weighted by atomic mass is 16.5. The molecule has 0 aromatic heterocycles. The molecule has 1 aromatic rings. The first kappa shape index (κ1) is 11.4. The summed E-state index contributed by atoms with van der Waals surface area (Å²) in [6.45, 7) is 7.78. The molecule has 80 valence electrons. The molecule has 0 bridgehead atoms. The third kappa shape index (κ3) is 3.17. The number of allylic oxidation sites excluding steroid dienone is 1. The number of benzene rings is 1. The second-order valence-corrected chi connectivity index (χ2v) is 3.08. The van der Waals surface area contributed by atoms with Crippen molar-refractivity contribution in [2.45, 2.75) is 6.42 Å². The van der Waals surface area contributed by atoms with E-state index in [0.29, 0.717) is 6.61 Å². The van der Waals surface area contributed by atoms with Crippen molar-refractivity contribution in [1.29, 1.82) is 0 Å². The summed E-state index contributed by atoms with van der Waals surface area (Å²) in [6.07, 6.45) is 4.40. The minimum Gasteiger partial charge on any atom is -0.493 e. The molecule has 0 heterocycles. The Morgan fingerprint density at radius 3 is 2.60 bits per heavy atom. The van der Waals surface area contributed by atoms with Crippen molar-refractivity contribution in [1.82, 2.24) is 0 Å². The summed E-state index contributed by atoms with van der Waals surface area (Å²) in [7, 11) is 1.63.